The van der Waals surface area contributed by atoms with Gasteiger partial charge in [-0.1, -0.05) is 106 Å². The third-order valence-corrected chi connectivity index (χ3v) is 7.79. The van der Waals surface area contributed by atoms with Crippen molar-refractivity contribution in [1.82, 2.24) is 0 Å². The molecule has 4 rings (SSSR count). The first-order valence-corrected chi connectivity index (χ1v) is 14.9. The zero-order valence-corrected chi connectivity index (χ0v) is 24.0. The summed E-state index contributed by atoms with van der Waals surface area (Å²) in [4.78, 5) is 0. The molecule has 0 saturated carbocycles. The number of ether oxygens (including phenoxy) is 2. The fourth-order valence-corrected chi connectivity index (χ4v) is 5.35. The van der Waals surface area contributed by atoms with E-state index in [1.807, 2.05) is 13.0 Å². The first-order chi connectivity index (χ1) is 19.9. The number of allylic oxidation sites excluding steroid dienone is 1. The largest absolute Gasteiger partial charge is 0.348 e. The van der Waals surface area contributed by atoms with Gasteiger partial charge in [0, 0.05) is 17.0 Å². The third-order valence-electron chi connectivity index (χ3n) is 7.79. The second kappa shape index (κ2) is 15.3. The molecule has 3 aromatic rings. The zero-order valence-electron chi connectivity index (χ0n) is 24.0. The monoisotopic (exact) mass is 568 g/mol. The lowest BCUT2D eigenvalue weighted by Crippen LogP contribution is -2.30. The van der Waals surface area contributed by atoms with Crippen molar-refractivity contribution in [2.24, 2.45) is 0 Å². The first-order valence-electron chi connectivity index (χ1n) is 14.9. The average Bonchev–Trinajstić information content (AvgIpc) is 2.99. The lowest BCUT2D eigenvalue weighted by Gasteiger charge is -2.28. The van der Waals surface area contributed by atoms with Crippen LogP contribution >= 0.6 is 0 Å². The Kier molecular flexibility index (Phi) is 11.6. The zero-order chi connectivity index (χ0) is 29.2. The smallest absolute Gasteiger partial charge is 0.176 e. The van der Waals surface area contributed by atoms with Crippen LogP contribution in [0.15, 0.2) is 60.7 Å². The van der Waals surface area contributed by atoms with Gasteiger partial charge in [-0.3, -0.25) is 0 Å². The van der Waals surface area contributed by atoms with Crippen LogP contribution in [0.5, 0.6) is 0 Å². The molecule has 220 valence electrons. The number of hydrogen-bond donors (Lipinski definition) is 0. The van der Waals surface area contributed by atoms with Crippen molar-refractivity contribution in [3.05, 3.63) is 95.1 Å². The maximum absolute atomic E-state index is 15.1. The molecule has 3 aromatic carbocycles. The Bertz CT molecular complexity index is 1290. The van der Waals surface area contributed by atoms with E-state index in [-0.39, 0.29) is 29.9 Å². The van der Waals surface area contributed by atoms with E-state index in [0.717, 1.165) is 19.3 Å². The van der Waals surface area contributed by atoms with Crippen LogP contribution in [0, 0.1) is 23.3 Å². The molecule has 0 aliphatic carbocycles. The van der Waals surface area contributed by atoms with Gasteiger partial charge in [0.2, 0.25) is 0 Å². The topological polar surface area (TPSA) is 18.5 Å². The fraction of sp³-hybridized carbons (Fsp3) is 0.429. The lowest BCUT2D eigenvalue weighted by molar-refractivity contribution is -0.159. The van der Waals surface area contributed by atoms with Crippen molar-refractivity contribution < 1.29 is 27.0 Å². The Morgan fingerprint density at radius 1 is 0.659 bits per heavy atom. The van der Waals surface area contributed by atoms with E-state index in [1.54, 1.807) is 48.5 Å². The second-order valence-electron chi connectivity index (χ2n) is 10.8. The summed E-state index contributed by atoms with van der Waals surface area (Å²) in [6.45, 7) is 4.49. The van der Waals surface area contributed by atoms with Crippen LogP contribution in [0.4, 0.5) is 17.6 Å². The van der Waals surface area contributed by atoms with Gasteiger partial charge in [-0.25, -0.2) is 17.6 Å². The average molecular weight is 569 g/mol. The molecule has 0 atom stereocenters. The lowest BCUT2D eigenvalue weighted by atomic mass is 9.94. The summed E-state index contributed by atoms with van der Waals surface area (Å²) >= 11 is 0. The summed E-state index contributed by atoms with van der Waals surface area (Å²) in [6, 6.07) is 12.7. The van der Waals surface area contributed by atoms with Crippen molar-refractivity contribution in [3.8, 4) is 22.3 Å². The SMILES string of the molecule is CC=CC1OCC(c2ccc(-c3ccc(-c4ccc(CCCCCCCCCC)c(F)c4F)cc3)c(F)c2F)CO1. The number of halogens is 4. The maximum atomic E-state index is 15.1. The molecule has 0 amide bonds. The minimum absolute atomic E-state index is 0.0922. The van der Waals surface area contributed by atoms with Gasteiger partial charge in [-0.15, -0.1) is 0 Å². The van der Waals surface area contributed by atoms with E-state index in [4.69, 9.17) is 9.47 Å². The van der Waals surface area contributed by atoms with E-state index in [0.29, 0.717) is 23.1 Å². The molecule has 41 heavy (non-hydrogen) atoms. The maximum Gasteiger partial charge on any atom is 0.176 e. The molecule has 1 fully saturated rings. The Labute approximate surface area is 241 Å². The third kappa shape index (κ3) is 7.87. The van der Waals surface area contributed by atoms with Gasteiger partial charge in [0.15, 0.2) is 29.6 Å². The molecule has 1 aliphatic heterocycles. The van der Waals surface area contributed by atoms with Crippen LogP contribution < -0.4 is 0 Å². The minimum atomic E-state index is -0.964. The van der Waals surface area contributed by atoms with Gasteiger partial charge in [0.25, 0.3) is 0 Å². The van der Waals surface area contributed by atoms with Gasteiger partial charge >= 0.3 is 0 Å². The van der Waals surface area contributed by atoms with Crippen LogP contribution in [-0.2, 0) is 15.9 Å². The van der Waals surface area contributed by atoms with E-state index in [9.17, 15) is 4.39 Å². The second-order valence-corrected chi connectivity index (χ2v) is 10.8. The van der Waals surface area contributed by atoms with Crippen LogP contribution in [0.2, 0.25) is 0 Å². The number of aryl methyl sites for hydroxylation is 1. The Balaban J connectivity index is 1.39. The number of hydrogen-bond acceptors (Lipinski definition) is 2. The minimum Gasteiger partial charge on any atom is -0.348 e. The molecule has 0 aromatic heterocycles. The van der Waals surface area contributed by atoms with Gasteiger partial charge in [0.05, 0.1) is 13.2 Å². The molecular weight excluding hydrogens is 528 g/mol. The Morgan fingerprint density at radius 2 is 1.20 bits per heavy atom. The van der Waals surface area contributed by atoms with Crippen molar-refractivity contribution in [2.45, 2.75) is 83.8 Å². The van der Waals surface area contributed by atoms with E-state index in [1.165, 1.54) is 38.2 Å². The highest BCUT2D eigenvalue weighted by Crippen LogP contribution is 2.34. The summed E-state index contributed by atoms with van der Waals surface area (Å²) in [7, 11) is 0. The summed E-state index contributed by atoms with van der Waals surface area (Å²) in [6.07, 6.45) is 12.7. The standard InChI is InChI=1S/C35H40F4O2/c1-3-5-6-7-8-9-10-11-13-26-18-19-28(33(37)32(26)36)24-14-16-25(17-15-24)29-20-21-30(35(39)34(29)38)27-22-40-31(12-4-2)41-23-27/h4,12,14-21,27,31H,3,5-11,13,22-23H2,1-2H3. The van der Waals surface area contributed by atoms with Crippen molar-refractivity contribution in [2.75, 3.05) is 13.2 Å². The molecule has 0 radical (unpaired) electrons. The quantitative estimate of drug-likeness (QED) is 0.116. The van der Waals surface area contributed by atoms with E-state index in [2.05, 4.69) is 6.92 Å². The molecule has 1 heterocycles. The molecular formula is C35H40F4O2. The summed E-state index contributed by atoms with van der Waals surface area (Å²) in [5.41, 5.74) is 1.73. The summed E-state index contributed by atoms with van der Waals surface area (Å²) < 4.78 is 71.2. The summed E-state index contributed by atoms with van der Waals surface area (Å²) in [5, 5.41) is 0. The number of rotatable bonds is 13. The van der Waals surface area contributed by atoms with Crippen LogP contribution in [0.25, 0.3) is 22.3 Å². The molecule has 2 nitrogen and oxygen atoms in total. The van der Waals surface area contributed by atoms with Crippen LogP contribution in [0.3, 0.4) is 0 Å². The van der Waals surface area contributed by atoms with Gasteiger partial charge in [0.1, 0.15) is 0 Å². The predicted octanol–water partition coefficient (Wildman–Crippen LogP) is 10.3. The van der Waals surface area contributed by atoms with Gasteiger partial charge < -0.3 is 9.47 Å². The van der Waals surface area contributed by atoms with Crippen molar-refractivity contribution in [1.29, 1.82) is 0 Å². The van der Waals surface area contributed by atoms with Crippen LogP contribution in [-0.4, -0.2) is 19.5 Å². The predicted molar refractivity (Wildman–Crippen MR) is 157 cm³/mol. The molecule has 0 unspecified atom stereocenters. The highest BCUT2D eigenvalue weighted by atomic mass is 19.2. The molecule has 0 N–H and O–H groups in total. The molecule has 0 spiro atoms. The molecule has 1 saturated heterocycles. The van der Waals surface area contributed by atoms with Crippen LogP contribution in [0.1, 0.15) is 82.3 Å². The summed E-state index contributed by atoms with van der Waals surface area (Å²) in [5.74, 6) is -4.02. The molecule has 1 aliphatic rings. The highest BCUT2D eigenvalue weighted by molar-refractivity contribution is 5.71. The Hall–Kier alpha value is -2.96. The van der Waals surface area contributed by atoms with E-state index < -0.39 is 35.5 Å². The number of unbranched alkanes of at least 4 members (excludes halogenated alkanes) is 7. The van der Waals surface area contributed by atoms with Crippen molar-refractivity contribution >= 4 is 0 Å². The van der Waals surface area contributed by atoms with Gasteiger partial charge in [-0.2, -0.15) is 0 Å². The Morgan fingerprint density at radius 3 is 1.78 bits per heavy atom. The molecule has 6 heteroatoms. The van der Waals surface area contributed by atoms with Gasteiger partial charge in [-0.05, 0) is 48.1 Å². The fourth-order valence-electron chi connectivity index (χ4n) is 5.35. The van der Waals surface area contributed by atoms with Crippen molar-refractivity contribution in [3.63, 3.8) is 0 Å². The normalized spacial score (nSPS) is 17.4. The molecule has 0 bridgehead atoms. The number of benzene rings is 3. The first kappa shape index (κ1) is 31.0. The van der Waals surface area contributed by atoms with E-state index >= 15 is 13.2 Å². The highest BCUT2D eigenvalue weighted by Gasteiger charge is 2.27.